The quantitative estimate of drug-likeness (QED) is 0.740. The number of rotatable bonds is 6. The molecule has 5 atom stereocenters. The summed E-state index contributed by atoms with van der Waals surface area (Å²) >= 11 is 0. The first-order valence-electron chi connectivity index (χ1n) is 7.73. The minimum Gasteiger partial charge on any atom is -0.254 e. The molecule has 2 nitrogen and oxygen atoms in total. The van der Waals surface area contributed by atoms with E-state index < -0.39 is 0 Å². The van der Waals surface area contributed by atoms with E-state index in [1.807, 2.05) is 0 Å². The van der Waals surface area contributed by atoms with Gasteiger partial charge in [0.25, 0.3) is 0 Å². The Balaban J connectivity index is 1.76. The molecule has 2 N–H and O–H groups in total. The van der Waals surface area contributed by atoms with Crippen LogP contribution in [0.25, 0.3) is 0 Å². The number of hydrogen-bond donors (Lipinski definition) is 2. The molecule has 17 heavy (non-hydrogen) atoms. The molecule has 2 rings (SSSR count). The summed E-state index contributed by atoms with van der Waals surface area (Å²) in [5.74, 6) is 2.66. The molecular formula is C15H30N2. The summed E-state index contributed by atoms with van der Waals surface area (Å²) in [6, 6.07) is 1.51. The molecule has 1 saturated carbocycles. The summed E-state index contributed by atoms with van der Waals surface area (Å²) in [4.78, 5) is 0. The zero-order chi connectivity index (χ0) is 12.3. The number of hydrogen-bond acceptors (Lipinski definition) is 2. The second kappa shape index (κ2) is 6.19. The highest BCUT2D eigenvalue weighted by Crippen LogP contribution is 2.35. The summed E-state index contributed by atoms with van der Waals surface area (Å²) in [7, 11) is 0. The van der Waals surface area contributed by atoms with E-state index in [9.17, 15) is 0 Å². The van der Waals surface area contributed by atoms with Crippen LogP contribution in [0.1, 0.15) is 65.7 Å². The Morgan fingerprint density at radius 2 is 1.94 bits per heavy atom. The van der Waals surface area contributed by atoms with E-state index in [4.69, 9.17) is 0 Å². The van der Waals surface area contributed by atoms with Crippen LogP contribution in [-0.4, -0.2) is 12.1 Å². The van der Waals surface area contributed by atoms with Crippen molar-refractivity contribution in [3.63, 3.8) is 0 Å². The van der Waals surface area contributed by atoms with Gasteiger partial charge in [0.05, 0.1) is 0 Å². The van der Waals surface area contributed by atoms with Gasteiger partial charge < -0.3 is 0 Å². The Labute approximate surface area is 107 Å². The van der Waals surface area contributed by atoms with Gasteiger partial charge in [0, 0.05) is 12.1 Å². The van der Waals surface area contributed by atoms with Gasteiger partial charge >= 0.3 is 0 Å². The zero-order valence-corrected chi connectivity index (χ0v) is 11.8. The average molecular weight is 238 g/mol. The van der Waals surface area contributed by atoms with Crippen LogP contribution >= 0.6 is 0 Å². The lowest BCUT2D eigenvalue weighted by atomic mass is 9.82. The van der Waals surface area contributed by atoms with Crippen molar-refractivity contribution in [2.45, 2.75) is 77.8 Å². The Morgan fingerprint density at radius 1 is 1.12 bits per heavy atom. The summed E-state index contributed by atoms with van der Waals surface area (Å²) in [5, 5.41) is 0. The molecule has 0 radical (unpaired) electrons. The lowest BCUT2D eigenvalue weighted by Gasteiger charge is -2.25. The topological polar surface area (TPSA) is 24.1 Å². The lowest BCUT2D eigenvalue weighted by Crippen LogP contribution is -2.35. The first-order chi connectivity index (χ1) is 8.22. The smallest absolute Gasteiger partial charge is 0.0259 e. The van der Waals surface area contributed by atoms with Gasteiger partial charge in [-0.2, -0.15) is 0 Å². The third-order valence-corrected chi connectivity index (χ3v) is 5.15. The first-order valence-corrected chi connectivity index (χ1v) is 7.73. The minimum absolute atomic E-state index is 0.738. The van der Waals surface area contributed by atoms with E-state index in [1.165, 1.54) is 44.9 Å². The van der Waals surface area contributed by atoms with Crippen LogP contribution < -0.4 is 10.9 Å². The highest BCUT2D eigenvalue weighted by molar-refractivity contribution is 4.95. The minimum atomic E-state index is 0.738. The third-order valence-electron chi connectivity index (χ3n) is 5.15. The maximum absolute atomic E-state index is 3.55. The van der Waals surface area contributed by atoms with Crippen molar-refractivity contribution in [1.82, 2.24) is 10.9 Å². The van der Waals surface area contributed by atoms with E-state index in [2.05, 4.69) is 31.6 Å². The number of hydrazine groups is 1. The van der Waals surface area contributed by atoms with E-state index in [-0.39, 0.29) is 0 Å². The van der Waals surface area contributed by atoms with E-state index in [1.54, 1.807) is 0 Å². The molecule has 0 bridgehead atoms. The Kier molecular flexibility index (Phi) is 4.87. The molecule has 0 aromatic rings. The maximum Gasteiger partial charge on any atom is 0.0259 e. The SMILES string of the molecule is CCCCC(C)C(C)CC1NNC2CCCC21. The largest absolute Gasteiger partial charge is 0.254 e. The molecule has 100 valence electrons. The van der Waals surface area contributed by atoms with E-state index in [0.29, 0.717) is 0 Å². The summed E-state index contributed by atoms with van der Waals surface area (Å²) in [6.45, 7) is 7.18. The second-order valence-electron chi connectivity index (χ2n) is 6.43. The standard InChI is InChI=1S/C15H30N2/c1-4-5-7-11(2)12(3)10-15-13-8-6-9-14(13)16-17-15/h11-17H,4-10H2,1-3H3. The molecular weight excluding hydrogens is 208 g/mol. The monoisotopic (exact) mass is 238 g/mol. The van der Waals surface area contributed by atoms with Gasteiger partial charge in [0.1, 0.15) is 0 Å². The molecule has 1 heterocycles. The summed E-state index contributed by atoms with van der Waals surface area (Å²) in [5.41, 5.74) is 7.06. The molecule has 1 saturated heterocycles. The maximum atomic E-state index is 3.55. The Morgan fingerprint density at radius 3 is 2.71 bits per heavy atom. The molecule has 2 heteroatoms. The fraction of sp³-hybridized carbons (Fsp3) is 1.00. The van der Waals surface area contributed by atoms with Crippen LogP contribution in [0.3, 0.4) is 0 Å². The van der Waals surface area contributed by atoms with Crippen LogP contribution in [0.15, 0.2) is 0 Å². The van der Waals surface area contributed by atoms with E-state index in [0.717, 1.165) is 29.8 Å². The fourth-order valence-corrected chi connectivity index (χ4v) is 3.65. The lowest BCUT2D eigenvalue weighted by molar-refractivity contribution is 0.278. The summed E-state index contributed by atoms with van der Waals surface area (Å²) in [6.07, 6.45) is 9.75. The predicted octanol–water partition coefficient (Wildman–Crippen LogP) is 3.48. The van der Waals surface area contributed by atoms with Crippen LogP contribution in [0.4, 0.5) is 0 Å². The van der Waals surface area contributed by atoms with Gasteiger partial charge in [-0.3, -0.25) is 10.9 Å². The van der Waals surface area contributed by atoms with Crippen LogP contribution in [0.5, 0.6) is 0 Å². The normalized spacial score (nSPS) is 35.8. The number of unbranched alkanes of at least 4 members (excludes halogenated alkanes) is 1. The second-order valence-corrected chi connectivity index (χ2v) is 6.43. The van der Waals surface area contributed by atoms with Crippen molar-refractivity contribution >= 4 is 0 Å². The molecule has 2 fully saturated rings. The molecule has 0 spiro atoms. The molecule has 2 aliphatic rings. The highest BCUT2D eigenvalue weighted by Gasteiger charge is 2.39. The Bertz CT molecular complexity index is 229. The van der Waals surface area contributed by atoms with Gasteiger partial charge in [-0.15, -0.1) is 0 Å². The molecule has 1 aliphatic heterocycles. The van der Waals surface area contributed by atoms with Gasteiger partial charge in [0.15, 0.2) is 0 Å². The van der Waals surface area contributed by atoms with Crippen molar-refractivity contribution in [3.05, 3.63) is 0 Å². The van der Waals surface area contributed by atoms with Gasteiger partial charge in [0.2, 0.25) is 0 Å². The van der Waals surface area contributed by atoms with E-state index >= 15 is 0 Å². The van der Waals surface area contributed by atoms with Crippen LogP contribution in [-0.2, 0) is 0 Å². The number of fused-ring (bicyclic) bond motifs is 1. The fourth-order valence-electron chi connectivity index (χ4n) is 3.65. The first kappa shape index (κ1) is 13.4. The van der Waals surface area contributed by atoms with Crippen LogP contribution in [0, 0.1) is 17.8 Å². The zero-order valence-electron chi connectivity index (χ0n) is 11.8. The third kappa shape index (κ3) is 3.23. The van der Waals surface area contributed by atoms with Gasteiger partial charge in [-0.05, 0) is 37.0 Å². The summed E-state index contributed by atoms with van der Waals surface area (Å²) < 4.78 is 0. The molecule has 0 amide bonds. The van der Waals surface area contributed by atoms with Crippen molar-refractivity contribution in [2.75, 3.05) is 0 Å². The molecule has 0 aromatic heterocycles. The molecule has 0 aromatic carbocycles. The molecule has 1 aliphatic carbocycles. The van der Waals surface area contributed by atoms with Crippen molar-refractivity contribution in [1.29, 1.82) is 0 Å². The molecule has 5 unspecified atom stereocenters. The van der Waals surface area contributed by atoms with Crippen molar-refractivity contribution in [3.8, 4) is 0 Å². The average Bonchev–Trinajstić information content (AvgIpc) is 2.90. The van der Waals surface area contributed by atoms with Crippen LogP contribution in [0.2, 0.25) is 0 Å². The van der Waals surface area contributed by atoms with Crippen molar-refractivity contribution < 1.29 is 0 Å². The Hall–Kier alpha value is -0.0800. The van der Waals surface area contributed by atoms with Crippen molar-refractivity contribution in [2.24, 2.45) is 17.8 Å². The number of nitrogens with one attached hydrogen (secondary N) is 2. The van der Waals surface area contributed by atoms with Gasteiger partial charge in [-0.25, -0.2) is 0 Å². The van der Waals surface area contributed by atoms with Gasteiger partial charge in [-0.1, -0.05) is 46.5 Å². The highest BCUT2D eigenvalue weighted by atomic mass is 15.4. The predicted molar refractivity (Wildman–Crippen MR) is 73.7 cm³/mol.